The summed E-state index contributed by atoms with van der Waals surface area (Å²) >= 11 is 0. The lowest BCUT2D eigenvalue weighted by Gasteiger charge is -2.19. The highest BCUT2D eigenvalue weighted by Gasteiger charge is 2.31. The molecule has 1 amide bonds. The van der Waals surface area contributed by atoms with Crippen LogP contribution >= 0.6 is 0 Å². The summed E-state index contributed by atoms with van der Waals surface area (Å²) in [6, 6.07) is 1.75. The van der Waals surface area contributed by atoms with E-state index in [1.165, 1.54) is 0 Å². The van der Waals surface area contributed by atoms with Crippen molar-refractivity contribution in [2.24, 2.45) is 5.92 Å². The van der Waals surface area contributed by atoms with E-state index in [-0.39, 0.29) is 29.6 Å². The molecule has 4 rings (SSSR count). The first-order chi connectivity index (χ1) is 12.9. The van der Waals surface area contributed by atoms with E-state index in [9.17, 15) is 13.2 Å². The Balaban J connectivity index is 1.54. The molecule has 0 unspecified atom stereocenters. The second-order valence-electron chi connectivity index (χ2n) is 7.24. The maximum Gasteiger partial charge on any atom is 0.233 e. The fraction of sp³-hybridized carbons (Fsp3) is 0.588. The molecule has 2 aromatic heterocycles. The number of rotatable bonds is 7. The van der Waals surface area contributed by atoms with Crippen LogP contribution in [0, 0.1) is 5.92 Å². The van der Waals surface area contributed by atoms with Crippen LogP contribution in [0.4, 0.5) is 11.8 Å². The average Bonchev–Trinajstić information content (AvgIpc) is 3.19. The largest absolute Gasteiger partial charge is 0.354 e. The predicted molar refractivity (Wildman–Crippen MR) is 103 cm³/mol. The molecule has 2 aliphatic rings. The Kier molecular flexibility index (Phi) is 4.77. The highest BCUT2D eigenvalue weighted by molar-refractivity contribution is 7.89. The van der Waals surface area contributed by atoms with Crippen LogP contribution in [0.15, 0.2) is 12.3 Å². The molecule has 2 aromatic rings. The third-order valence-electron chi connectivity index (χ3n) is 4.89. The highest BCUT2D eigenvalue weighted by Crippen LogP contribution is 2.31. The number of hydrogen-bond donors (Lipinski definition) is 3. The standard InChI is InChI=1S/C17H24N6O3S/c1-2-9-27(25,26)22-12-6-8-23(10-12)15-13-5-7-18-14(13)19-17(20-15)21-16(24)11-3-4-11/h5,7,11-12,22H,2-4,6,8-10H2,1H3,(H2,18,19,20,21,24)/t12-/m0/s1. The molecule has 1 aliphatic carbocycles. The van der Waals surface area contributed by atoms with Crippen molar-refractivity contribution in [3.05, 3.63) is 12.3 Å². The van der Waals surface area contributed by atoms with Crippen molar-refractivity contribution in [3.8, 4) is 0 Å². The lowest BCUT2D eigenvalue weighted by atomic mass is 10.3. The Bertz CT molecular complexity index is 953. The van der Waals surface area contributed by atoms with Gasteiger partial charge in [-0.2, -0.15) is 9.97 Å². The van der Waals surface area contributed by atoms with Crippen LogP contribution in [-0.4, -0.2) is 54.2 Å². The molecule has 1 aliphatic heterocycles. The Morgan fingerprint density at radius 1 is 1.33 bits per heavy atom. The van der Waals surface area contributed by atoms with E-state index in [1.54, 1.807) is 6.20 Å². The van der Waals surface area contributed by atoms with Gasteiger partial charge in [0.05, 0.1) is 11.1 Å². The van der Waals surface area contributed by atoms with Crippen LogP contribution in [-0.2, 0) is 14.8 Å². The zero-order valence-corrected chi connectivity index (χ0v) is 16.1. The lowest BCUT2D eigenvalue weighted by Crippen LogP contribution is -2.38. The molecule has 1 atom stereocenters. The summed E-state index contributed by atoms with van der Waals surface area (Å²) in [4.78, 5) is 26.1. The summed E-state index contributed by atoms with van der Waals surface area (Å²) in [5, 5.41) is 3.65. The van der Waals surface area contributed by atoms with Gasteiger partial charge in [-0.3, -0.25) is 10.1 Å². The smallest absolute Gasteiger partial charge is 0.233 e. The first kappa shape index (κ1) is 18.2. The van der Waals surface area contributed by atoms with Gasteiger partial charge in [0.15, 0.2) is 0 Å². The summed E-state index contributed by atoms with van der Waals surface area (Å²) in [5.74, 6) is 1.16. The highest BCUT2D eigenvalue weighted by atomic mass is 32.2. The van der Waals surface area contributed by atoms with Crippen molar-refractivity contribution in [3.63, 3.8) is 0 Å². The third-order valence-corrected chi connectivity index (χ3v) is 6.52. The van der Waals surface area contributed by atoms with E-state index in [4.69, 9.17) is 0 Å². The van der Waals surface area contributed by atoms with Crippen molar-refractivity contribution in [2.75, 3.05) is 29.1 Å². The van der Waals surface area contributed by atoms with Crippen LogP contribution in [0.1, 0.15) is 32.6 Å². The van der Waals surface area contributed by atoms with E-state index >= 15 is 0 Å². The quantitative estimate of drug-likeness (QED) is 0.651. The maximum atomic E-state index is 12.1. The third kappa shape index (κ3) is 4.06. The van der Waals surface area contributed by atoms with Gasteiger partial charge < -0.3 is 9.88 Å². The van der Waals surface area contributed by atoms with Crippen LogP contribution in [0.5, 0.6) is 0 Å². The molecular weight excluding hydrogens is 368 g/mol. The second-order valence-corrected chi connectivity index (χ2v) is 9.12. The van der Waals surface area contributed by atoms with E-state index in [0.717, 1.165) is 18.2 Å². The molecule has 1 saturated heterocycles. The summed E-state index contributed by atoms with van der Waals surface area (Å²) < 4.78 is 26.9. The number of nitrogens with one attached hydrogen (secondary N) is 3. The normalized spacial score (nSPS) is 20.3. The predicted octanol–water partition coefficient (Wildman–Crippen LogP) is 1.21. The second kappa shape index (κ2) is 7.08. The molecule has 0 spiro atoms. The molecule has 9 nitrogen and oxygen atoms in total. The minimum absolute atomic E-state index is 0.0431. The Morgan fingerprint density at radius 3 is 2.89 bits per heavy atom. The minimum atomic E-state index is -3.25. The van der Waals surface area contributed by atoms with Crippen molar-refractivity contribution >= 4 is 38.7 Å². The van der Waals surface area contributed by atoms with Gasteiger partial charge >= 0.3 is 0 Å². The molecule has 2 fully saturated rings. The fourth-order valence-corrected chi connectivity index (χ4v) is 4.77. The SMILES string of the molecule is CCCS(=O)(=O)N[C@H]1CCN(c2nc(NC(=O)C3CC3)nc3[nH]ccc23)C1. The molecule has 3 N–H and O–H groups in total. The molecule has 1 saturated carbocycles. The van der Waals surface area contributed by atoms with E-state index < -0.39 is 10.0 Å². The van der Waals surface area contributed by atoms with Crippen LogP contribution in [0.25, 0.3) is 11.0 Å². The molecule has 0 aromatic carbocycles. The van der Waals surface area contributed by atoms with Gasteiger partial charge in [-0.15, -0.1) is 0 Å². The maximum absolute atomic E-state index is 12.1. The van der Waals surface area contributed by atoms with Crippen molar-refractivity contribution in [2.45, 2.75) is 38.6 Å². The zero-order chi connectivity index (χ0) is 19.0. The number of carbonyl (C=O) groups is 1. The number of aromatic amines is 1. The Hall–Kier alpha value is -2.20. The van der Waals surface area contributed by atoms with Crippen molar-refractivity contribution in [1.29, 1.82) is 0 Å². The molecule has 10 heteroatoms. The number of hydrogen-bond acceptors (Lipinski definition) is 6. The van der Waals surface area contributed by atoms with Gasteiger partial charge in [0.2, 0.25) is 21.9 Å². The number of amides is 1. The molecule has 27 heavy (non-hydrogen) atoms. The number of fused-ring (bicyclic) bond motifs is 1. The number of nitrogens with zero attached hydrogens (tertiary/aromatic N) is 3. The lowest BCUT2D eigenvalue weighted by molar-refractivity contribution is -0.117. The minimum Gasteiger partial charge on any atom is -0.354 e. The van der Waals surface area contributed by atoms with Gasteiger partial charge in [-0.25, -0.2) is 13.1 Å². The number of carbonyl (C=O) groups excluding carboxylic acids is 1. The molecular formula is C17H24N6O3S. The summed E-state index contributed by atoms with van der Waals surface area (Å²) in [6.07, 6.45) is 4.91. The topological polar surface area (TPSA) is 120 Å². The molecule has 0 radical (unpaired) electrons. The fourth-order valence-electron chi connectivity index (χ4n) is 3.41. The molecule has 3 heterocycles. The summed E-state index contributed by atoms with van der Waals surface area (Å²) in [7, 11) is -3.25. The van der Waals surface area contributed by atoms with E-state index in [0.29, 0.717) is 37.4 Å². The van der Waals surface area contributed by atoms with Crippen molar-refractivity contribution < 1.29 is 13.2 Å². The first-order valence-corrected chi connectivity index (χ1v) is 11.0. The average molecular weight is 392 g/mol. The van der Waals surface area contributed by atoms with E-state index in [2.05, 4.69) is 25.0 Å². The molecule has 0 bridgehead atoms. The van der Waals surface area contributed by atoms with Gasteiger partial charge in [-0.05, 0) is 31.7 Å². The van der Waals surface area contributed by atoms with Gasteiger partial charge in [-0.1, -0.05) is 6.92 Å². The van der Waals surface area contributed by atoms with E-state index in [1.807, 2.05) is 17.9 Å². The monoisotopic (exact) mass is 392 g/mol. The number of aromatic nitrogens is 3. The zero-order valence-electron chi connectivity index (χ0n) is 15.2. The van der Waals surface area contributed by atoms with Crippen molar-refractivity contribution in [1.82, 2.24) is 19.7 Å². The Morgan fingerprint density at radius 2 is 2.15 bits per heavy atom. The molecule has 146 valence electrons. The number of H-pyrrole nitrogens is 1. The first-order valence-electron chi connectivity index (χ1n) is 9.36. The van der Waals surface area contributed by atoms with Crippen LogP contribution in [0.2, 0.25) is 0 Å². The van der Waals surface area contributed by atoms with Gasteiger partial charge in [0.1, 0.15) is 11.5 Å². The van der Waals surface area contributed by atoms with Crippen LogP contribution in [0.3, 0.4) is 0 Å². The number of anilines is 2. The number of sulfonamides is 1. The van der Waals surface area contributed by atoms with Gasteiger partial charge in [0, 0.05) is 31.2 Å². The van der Waals surface area contributed by atoms with Gasteiger partial charge in [0.25, 0.3) is 0 Å². The Labute approximate surface area is 158 Å². The summed E-state index contributed by atoms with van der Waals surface area (Å²) in [5.41, 5.74) is 0.654. The van der Waals surface area contributed by atoms with Crippen LogP contribution < -0.4 is 14.9 Å². The summed E-state index contributed by atoms with van der Waals surface area (Å²) in [6.45, 7) is 3.07.